The highest BCUT2D eigenvalue weighted by Crippen LogP contribution is 2.22. The number of aliphatic imine (C=N–C) groups is 1. The molecule has 4 N–H and O–H groups in total. The van der Waals surface area contributed by atoms with Crippen LogP contribution in [0.25, 0.3) is 0 Å². The quantitative estimate of drug-likeness (QED) is 0.129. The smallest absolute Gasteiger partial charge is 0.358 e. The van der Waals surface area contributed by atoms with Crippen molar-refractivity contribution in [1.29, 1.82) is 0 Å². The third-order valence-corrected chi connectivity index (χ3v) is 9.31. The molecule has 1 fully saturated rings. The van der Waals surface area contributed by atoms with Crippen LogP contribution in [0.5, 0.6) is 0 Å². The number of halogens is 1. The van der Waals surface area contributed by atoms with Crippen molar-refractivity contribution in [2.75, 3.05) is 68.0 Å². The number of fused-ring (bicyclic) bond motifs is 2. The number of nitrogens with two attached hydrogens (primary N) is 1. The SMILES string of the molecule is COC(=O)/C(C(N)=O)=C1\CCO[C@H](C)CN1.COC(=O)c1[nH]c(=O)n2c1CCO[C@H](C)C2.COC(=O)c1nc(Cl)n2c1CCO[C@H](C)C2.COC1=NC[C@@H](C)OCC1. The van der Waals surface area contributed by atoms with Crippen LogP contribution in [0.4, 0.5) is 0 Å². The van der Waals surface area contributed by atoms with E-state index in [1.54, 1.807) is 11.7 Å². The van der Waals surface area contributed by atoms with E-state index in [9.17, 15) is 24.0 Å². The number of rotatable bonds is 4. The maximum atomic E-state index is 11.6. The monoisotopic (exact) mass is 841 g/mol. The molecule has 58 heavy (non-hydrogen) atoms. The number of aromatic nitrogens is 4. The number of hydrogen-bond donors (Lipinski definition) is 3. The summed E-state index contributed by atoms with van der Waals surface area (Å²) < 4.78 is 43.8. The van der Waals surface area contributed by atoms with Gasteiger partial charge in [0.15, 0.2) is 11.6 Å². The summed E-state index contributed by atoms with van der Waals surface area (Å²) in [4.78, 5) is 67.9. The summed E-state index contributed by atoms with van der Waals surface area (Å²) in [5, 5.41) is 3.29. The lowest BCUT2D eigenvalue weighted by Gasteiger charge is -2.11. The number of carbonyl (C=O) groups excluding carboxylic acids is 4. The second kappa shape index (κ2) is 23.6. The van der Waals surface area contributed by atoms with E-state index in [0.717, 1.165) is 31.2 Å². The van der Waals surface area contributed by atoms with Crippen molar-refractivity contribution >= 4 is 41.3 Å². The molecule has 20 nitrogen and oxygen atoms in total. The molecule has 4 atom stereocenters. The van der Waals surface area contributed by atoms with Crippen LogP contribution in [-0.4, -0.2) is 141 Å². The van der Waals surface area contributed by atoms with Gasteiger partial charge < -0.3 is 53.5 Å². The van der Waals surface area contributed by atoms with Gasteiger partial charge >= 0.3 is 23.6 Å². The van der Waals surface area contributed by atoms with Crippen molar-refractivity contribution < 1.29 is 57.1 Å². The summed E-state index contributed by atoms with van der Waals surface area (Å²) in [5.74, 6) is -1.66. The lowest BCUT2D eigenvalue weighted by Crippen LogP contribution is -2.29. The van der Waals surface area contributed by atoms with Gasteiger partial charge in [-0.25, -0.2) is 24.2 Å². The molecule has 6 heterocycles. The molecule has 1 amide bonds. The number of primary amides is 1. The van der Waals surface area contributed by atoms with E-state index in [-0.39, 0.29) is 41.4 Å². The Morgan fingerprint density at radius 2 is 1.33 bits per heavy atom. The average molecular weight is 842 g/mol. The molecular weight excluding hydrogens is 786 g/mol. The molecule has 2 aromatic rings. The number of imidazole rings is 2. The number of methoxy groups -OCH3 is 4. The van der Waals surface area contributed by atoms with Gasteiger partial charge in [-0.3, -0.25) is 19.3 Å². The van der Waals surface area contributed by atoms with Crippen LogP contribution in [0.1, 0.15) is 72.9 Å². The molecule has 0 unspecified atom stereocenters. The lowest BCUT2D eigenvalue weighted by molar-refractivity contribution is -0.137. The summed E-state index contributed by atoms with van der Waals surface area (Å²) in [6.45, 7) is 12.3. The summed E-state index contributed by atoms with van der Waals surface area (Å²) in [6.07, 6.45) is 2.72. The molecule has 324 valence electrons. The Kier molecular flexibility index (Phi) is 19.4. The number of amides is 1. The van der Waals surface area contributed by atoms with Crippen LogP contribution in [0, 0.1) is 0 Å². The molecule has 6 rings (SSSR count). The highest BCUT2D eigenvalue weighted by atomic mass is 35.5. The Morgan fingerprint density at radius 3 is 1.93 bits per heavy atom. The second-order valence-corrected chi connectivity index (χ2v) is 13.7. The molecule has 0 saturated carbocycles. The first-order chi connectivity index (χ1) is 27.6. The molecular formula is C37H56ClN7O13. The van der Waals surface area contributed by atoms with Gasteiger partial charge in [0.25, 0.3) is 5.91 Å². The van der Waals surface area contributed by atoms with E-state index in [4.69, 9.17) is 41.0 Å². The number of H-pyrrole nitrogens is 1. The zero-order valence-electron chi connectivity index (χ0n) is 34.3. The van der Waals surface area contributed by atoms with Crippen molar-refractivity contribution in [1.82, 2.24) is 24.4 Å². The molecule has 21 heteroatoms. The summed E-state index contributed by atoms with van der Waals surface area (Å²) in [7, 11) is 5.48. The van der Waals surface area contributed by atoms with Crippen molar-refractivity contribution in [3.63, 3.8) is 0 Å². The fourth-order valence-corrected chi connectivity index (χ4v) is 6.31. The molecule has 0 radical (unpaired) electrons. The van der Waals surface area contributed by atoms with Gasteiger partial charge in [-0.15, -0.1) is 0 Å². The minimum atomic E-state index is -0.788. The van der Waals surface area contributed by atoms with Crippen molar-refractivity contribution in [2.24, 2.45) is 10.7 Å². The van der Waals surface area contributed by atoms with E-state index < -0.39 is 23.8 Å². The van der Waals surface area contributed by atoms with Gasteiger partial charge in [-0.1, -0.05) is 0 Å². The Bertz CT molecular complexity index is 1840. The van der Waals surface area contributed by atoms with Crippen LogP contribution < -0.4 is 16.7 Å². The Morgan fingerprint density at radius 1 is 0.759 bits per heavy atom. The highest BCUT2D eigenvalue weighted by Gasteiger charge is 2.27. The minimum absolute atomic E-state index is 0.0275. The predicted octanol–water partition coefficient (Wildman–Crippen LogP) is 1.35. The zero-order valence-corrected chi connectivity index (χ0v) is 35.1. The zero-order chi connectivity index (χ0) is 42.9. The Labute approximate surface area is 341 Å². The number of carbonyl (C=O) groups is 4. The van der Waals surface area contributed by atoms with Crippen LogP contribution >= 0.6 is 11.6 Å². The lowest BCUT2D eigenvalue weighted by atomic mass is 10.1. The van der Waals surface area contributed by atoms with Gasteiger partial charge in [0, 0.05) is 37.9 Å². The van der Waals surface area contributed by atoms with E-state index in [2.05, 4.69) is 34.5 Å². The highest BCUT2D eigenvalue weighted by molar-refractivity contribution is 6.28. The molecule has 0 spiro atoms. The van der Waals surface area contributed by atoms with Gasteiger partial charge in [-0.05, 0) is 39.3 Å². The van der Waals surface area contributed by atoms with Crippen LogP contribution in [0.3, 0.4) is 0 Å². The number of aromatic amines is 1. The van der Waals surface area contributed by atoms with Gasteiger partial charge in [0.1, 0.15) is 11.3 Å². The van der Waals surface area contributed by atoms with E-state index >= 15 is 0 Å². The standard InChI is InChI=1S/C10H13ClN2O3.C10H14N2O4.C10H16N2O4.C7H13NO2/c1-6-5-13-7(3-4-16-6)8(9(14)15-2)12-10(13)11;1-6-5-12-7(3-4-16-6)8(9(13)15-2)11-10(12)14;1-6-5-12-7(3-4-16-6)8(9(11)13)10(14)15-2;1-6-5-8-7(9-2)3-4-10-6/h6H,3-5H2,1-2H3;6H,3-5H2,1-2H3,(H,11,14);6,12H,3-5H2,1-2H3,(H2,11,13);6H,3-5H2,1-2H3/b;;8-7+;/t4*6-/m1111/s1. The van der Waals surface area contributed by atoms with Gasteiger partial charge in [-0.2, -0.15) is 0 Å². The molecule has 2 aromatic heterocycles. The van der Waals surface area contributed by atoms with E-state index in [1.165, 1.54) is 21.3 Å². The summed E-state index contributed by atoms with van der Waals surface area (Å²) >= 11 is 5.99. The summed E-state index contributed by atoms with van der Waals surface area (Å²) in [6, 6.07) is 0. The topological polar surface area (TPSA) is 248 Å². The van der Waals surface area contributed by atoms with Gasteiger partial charge in [0.2, 0.25) is 5.28 Å². The van der Waals surface area contributed by atoms with Crippen molar-refractivity contribution in [3.05, 3.63) is 49.8 Å². The fourth-order valence-electron chi connectivity index (χ4n) is 6.06. The maximum absolute atomic E-state index is 11.6. The number of nitrogens with zero attached hydrogens (tertiary/aromatic N) is 4. The molecule has 0 aliphatic carbocycles. The Balaban J connectivity index is 0.000000210. The van der Waals surface area contributed by atoms with Crippen LogP contribution in [-0.2, 0) is 73.4 Å². The first kappa shape index (κ1) is 47.6. The molecule has 0 bridgehead atoms. The molecule has 0 aromatic carbocycles. The Hall–Kier alpha value is -4.76. The van der Waals surface area contributed by atoms with Crippen LogP contribution in [0.15, 0.2) is 21.1 Å². The van der Waals surface area contributed by atoms with Gasteiger partial charge in [0.05, 0.1) is 110 Å². The minimum Gasteiger partial charge on any atom is -0.484 e. The third-order valence-electron chi connectivity index (χ3n) is 9.02. The summed E-state index contributed by atoms with van der Waals surface area (Å²) in [5.41, 5.74) is 7.23. The molecule has 1 saturated heterocycles. The fraction of sp³-hybridized carbons (Fsp3) is 0.649. The predicted molar refractivity (Wildman–Crippen MR) is 209 cm³/mol. The van der Waals surface area contributed by atoms with Crippen LogP contribution in [0.2, 0.25) is 5.28 Å². The first-order valence-electron chi connectivity index (χ1n) is 18.8. The number of nitrogens with one attached hydrogen (secondary N) is 2. The van der Waals surface area contributed by atoms with Crippen molar-refractivity contribution in [2.45, 2.75) is 90.9 Å². The normalized spacial score (nSPS) is 22.3. The largest absolute Gasteiger partial charge is 0.484 e. The van der Waals surface area contributed by atoms with E-state index in [1.807, 2.05) is 32.3 Å². The number of ether oxygens (including phenoxy) is 8. The first-order valence-corrected chi connectivity index (χ1v) is 19.1. The number of hydrogen-bond acceptors (Lipinski definition) is 16. The second-order valence-electron chi connectivity index (χ2n) is 13.4. The molecule has 4 aliphatic rings. The average Bonchev–Trinajstić information content (AvgIpc) is 3.42. The van der Waals surface area contributed by atoms with E-state index in [0.29, 0.717) is 81.1 Å². The molecule has 4 aliphatic heterocycles. The number of esters is 3. The maximum Gasteiger partial charge on any atom is 0.358 e. The van der Waals surface area contributed by atoms with Crippen molar-refractivity contribution in [3.8, 4) is 0 Å². The third kappa shape index (κ3) is 13.7.